The van der Waals surface area contributed by atoms with Crippen molar-refractivity contribution in [3.8, 4) is 0 Å². The monoisotopic (exact) mass is 119 g/mol. The second-order valence-corrected chi connectivity index (χ2v) is 1.24. The topological polar surface area (TPSA) is 38.7 Å². The third-order valence-corrected chi connectivity index (χ3v) is 0.608. The quantitative estimate of drug-likeness (QED) is 0.402. The van der Waals surface area contributed by atoms with Gasteiger partial charge in [0.15, 0.2) is 0 Å². The maximum absolute atomic E-state index is 8.18. The molecule has 1 N–H and O–H groups in total. The third-order valence-electron chi connectivity index (χ3n) is 0.608. The fraction of sp³-hybridized carbons (Fsp3) is 0.800. The molecule has 0 saturated carbocycles. The fourth-order valence-corrected chi connectivity index (χ4v) is 0.284. The number of hydrogen-bond acceptors (Lipinski definition) is 3. The molecule has 0 unspecified atom stereocenters. The predicted molar refractivity (Wildman–Crippen MR) is 29.2 cm³/mol. The van der Waals surface area contributed by atoms with Crippen molar-refractivity contribution in [1.29, 1.82) is 0 Å². The van der Waals surface area contributed by atoms with Gasteiger partial charge in [-0.3, -0.25) is 0 Å². The van der Waals surface area contributed by atoms with E-state index in [1.165, 1.54) is 0 Å². The summed E-state index contributed by atoms with van der Waals surface area (Å²) in [5.74, 6) is 0. The lowest BCUT2D eigenvalue weighted by atomic mass is 10.7. The van der Waals surface area contributed by atoms with E-state index in [2.05, 4.69) is 11.8 Å². The van der Waals surface area contributed by atoms with Crippen molar-refractivity contribution in [2.24, 2.45) is 0 Å². The van der Waals surface area contributed by atoms with Gasteiger partial charge in [-0.2, -0.15) is 4.74 Å². The molecule has 0 amide bonds. The van der Waals surface area contributed by atoms with Gasteiger partial charge in [0.2, 0.25) is 7.11 Å². The van der Waals surface area contributed by atoms with Crippen LogP contribution in [0.3, 0.4) is 0 Å². The molecule has 0 aromatic rings. The molecule has 0 spiro atoms. The minimum absolute atomic E-state index is 0.0666. The second-order valence-electron chi connectivity index (χ2n) is 1.24. The Bertz CT molecular complexity index is 32.7. The van der Waals surface area contributed by atoms with Gasteiger partial charge in [-0.05, 0) is 0 Å². The van der Waals surface area contributed by atoms with Crippen LogP contribution >= 0.6 is 0 Å². The summed E-state index contributed by atoms with van der Waals surface area (Å²) in [6.45, 7) is 1.44. The molecule has 48 valence electrons. The predicted octanol–water partition coefficient (Wildman–Crippen LogP) is -0.197. The van der Waals surface area contributed by atoms with Gasteiger partial charge in [0.05, 0.1) is 19.8 Å². The number of hydrogen-bond donors (Lipinski definition) is 1. The Labute approximate surface area is 49.2 Å². The molecule has 3 heteroatoms. The highest BCUT2D eigenvalue weighted by Crippen LogP contribution is 1.73. The lowest BCUT2D eigenvalue weighted by molar-refractivity contribution is 0.0587. The van der Waals surface area contributed by atoms with E-state index in [0.29, 0.717) is 19.8 Å². The van der Waals surface area contributed by atoms with Crippen LogP contribution in [0.15, 0.2) is 0 Å². The summed E-state index contributed by atoms with van der Waals surface area (Å²) in [5, 5.41) is 8.18. The molecule has 3 nitrogen and oxygen atoms in total. The minimum atomic E-state index is 0.0666. The van der Waals surface area contributed by atoms with E-state index in [1.54, 1.807) is 0 Å². The van der Waals surface area contributed by atoms with E-state index in [-0.39, 0.29) is 6.61 Å². The van der Waals surface area contributed by atoms with Crippen molar-refractivity contribution in [3.63, 3.8) is 0 Å². The number of aliphatic hydroxyl groups is 1. The summed E-state index contributed by atoms with van der Waals surface area (Å²) in [5.41, 5.74) is 0. The third kappa shape index (κ3) is 5.75. The molecule has 0 atom stereocenters. The van der Waals surface area contributed by atoms with Gasteiger partial charge in [-0.1, -0.05) is 0 Å². The summed E-state index contributed by atoms with van der Waals surface area (Å²) in [7, 11) is 3.14. The van der Waals surface area contributed by atoms with Crippen LogP contribution in [-0.4, -0.2) is 31.5 Å². The first-order valence-corrected chi connectivity index (χ1v) is 2.47. The Morgan fingerprint density at radius 2 is 2.00 bits per heavy atom. The van der Waals surface area contributed by atoms with E-state index < -0.39 is 0 Å². The molecule has 0 saturated heterocycles. The molecule has 0 rings (SSSR count). The van der Waals surface area contributed by atoms with Crippen molar-refractivity contribution in [2.75, 3.05) is 26.4 Å². The van der Waals surface area contributed by atoms with E-state index >= 15 is 0 Å². The Balaban J connectivity index is 2.53. The first kappa shape index (κ1) is 7.75. The van der Waals surface area contributed by atoms with Gasteiger partial charge in [0, 0.05) is 0 Å². The second kappa shape index (κ2) is 6.75. The molecule has 0 heterocycles. The molecule has 8 heavy (non-hydrogen) atoms. The lowest BCUT2D eigenvalue weighted by Crippen LogP contribution is -2.04. The van der Waals surface area contributed by atoms with Crippen LogP contribution < -0.4 is 0 Å². The maximum Gasteiger partial charge on any atom is 0.213 e. The van der Waals surface area contributed by atoms with Crippen LogP contribution in [0.4, 0.5) is 0 Å². The Hall–Kier alpha value is -0.250. The zero-order chi connectivity index (χ0) is 6.24. The molecule has 0 aliphatic heterocycles. The molecular formula is C5H11O3+. The van der Waals surface area contributed by atoms with Gasteiger partial charge in [0.25, 0.3) is 0 Å². The highest BCUT2D eigenvalue weighted by Gasteiger charge is 1.85. The van der Waals surface area contributed by atoms with Gasteiger partial charge in [-0.15, -0.1) is 0 Å². The zero-order valence-electron chi connectivity index (χ0n) is 4.80. The van der Waals surface area contributed by atoms with Crippen LogP contribution in [0, 0.1) is 7.11 Å². The van der Waals surface area contributed by atoms with Gasteiger partial charge in [0.1, 0.15) is 6.61 Å². The zero-order valence-corrected chi connectivity index (χ0v) is 4.80. The Morgan fingerprint density at radius 1 is 1.25 bits per heavy atom. The average molecular weight is 119 g/mol. The highest BCUT2D eigenvalue weighted by molar-refractivity contribution is 4.27. The average Bonchev–Trinajstić information content (AvgIpc) is 1.81. The molecule has 0 fully saturated rings. The fourth-order valence-electron chi connectivity index (χ4n) is 0.284. The largest absolute Gasteiger partial charge is 0.394 e. The lowest BCUT2D eigenvalue weighted by Gasteiger charge is -1.95. The number of rotatable bonds is 5. The molecule has 0 radical (unpaired) electrons. The summed E-state index contributed by atoms with van der Waals surface area (Å²) in [6.07, 6.45) is 0. The summed E-state index contributed by atoms with van der Waals surface area (Å²) in [4.78, 5) is 0. The molecule has 0 bridgehead atoms. The summed E-state index contributed by atoms with van der Waals surface area (Å²) in [6, 6.07) is 0. The smallest absolute Gasteiger partial charge is 0.213 e. The Morgan fingerprint density at radius 3 is 2.50 bits per heavy atom. The first-order chi connectivity index (χ1) is 3.91. The molecule has 0 aliphatic rings. The maximum atomic E-state index is 8.18. The SMILES string of the molecule is [CH2+]OCCOCCO. The van der Waals surface area contributed by atoms with Crippen LogP contribution in [-0.2, 0) is 9.47 Å². The standard InChI is InChI=1S/C5H11O3/c1-7-4-5-8-3-2-6/h6H,1-5H2/q+1. The van der Waals surface area contributed by atoms with Crippen molar-refractivity contribution < 1.29 is 14.6 Å². The van der Waals surface area contributed by atoms with E-state index in [4.69, 9.17) is 9.84 Å². The summed E-state index contributed by atoms with van der Waals surface area (Å²) < 4.78 is 9.24. The van der Waals surface area contributed by atoms with Crippen molar-refractivity contribution in [2.45, 2.75) is 0 Å². The van der Waals surface area contributed by atoms with Crippen molar-refractivity contribution >= 4 is 0 Å². The first-order valence-electron chi connectivity index (χ1n) is 2.47. The molecule has 0 aromatic heterocycles. The van der Waals surface area contributed by atoms with Crippen molar-refractivity contribution in [1.82, 2.24) is 0 Å². The van der Waals surface area contributed by atoms with Gasteiger partial charge >= 0.3 is 0 Å². The normalized spacial score (nSPS) is 9.62. The molecular weight excluding hydrogens is 108 g/mol. The van der Waals surface area contributed by atoms with Crippen LogP contribution in [0.25, 0.3) is 0 Å². The van der Waals surface area contributed by atoms with Crippen molar-refractivity contribution in [3.05, 3.63) is 7.11 Å². The minimum Gasteiger partial charge on any atom is -0.394 e. The summed E-state index contributed by atoms with van der Waals surface area (Å²) >= 11 is 0. The highest BCUT2D eigenvalue weighted by atomic mass is 16.5. The number of ether oxygens (including phenoxy) is 2. The van der Waals surface area contributed by atoms with Crippen LogP contribution in [0.5, 0.6) is 0 Å². The van der Waals surface area contributed by atoms with E-state index in [1.807, 2.05) is 0 Å². The van der Waals surface area contributed by atoms with E-state index in [0.717, 1.165) is 0 Å². The number of aliphatic hydroxyl groups excluding tert-OH is 1. The molecule has 0 aromatic carbocycles. The van der Waals surface area contributed by atoms with Gasteiger partial charge < -0.3 is 9.84 Å². The molecule has 0 aliphatic carbocycles. The van der Waals surface area contributed by atoms with Gasteiger partial charge in [-0.25, -0.2) is 0 Å². The Kier molecular flexibility index (Phi) is 6.54. The van der Waals surface area contributed by atoms with Crippen LogP contribution in [0.1, 0.15) is 0 Å². The van der Waals surface area contributed by atoms with E-state index in [9.17, 15) is 0 Å². The van der Waals surface area contributed by atoms with Crippen LogP contribution in [0.2, 0.25) is 0 Å².